The molecule has 0 radical (unpaired) electrons. The zero-order chi connectivity index (χ0) is 20.9. The van der Waals surface area contributed by atoms with Crippen molar-refractivity contribution in [2.45, 2.75) is 59.2 Å². The summed E-state index contributed by atoms with van der Waals surface area (Å²) in [4.78, 5) is 27.3. The van der Waals surface area contributed by atoms with E-state index in [-0.39, 0.29) is 30.6 Å². The highest BCUT2D eigenvalue weighted by molar-refractivity contribution is 5.88. The van der Waals surface area contributed by atoms with E-state index >= 15 is 0 Å². The third-order valence-corrected chi connectivity index (χ3v) is 4.57. The van der Waals surface area contributed by atoms with E-state index in [0.29, 0.717) is 5.56 Å². The smallest absolute Gasteiger partial charge is 0.242 e. The van der Waals surface area contributed by atoms with Gasteiger partial charge < -0.3 is 10.2 Å². The van der Waals surface area contributed by atoms with Gasteiger partial charge in [0.1, 0.15) is 11.9 Å². The highest BCUT2D eigenvalue weighted by Gasteiger charge is 2.29. The fourth-order valence-electron chi connectivity index (χ4n) is 2.94. The molecule has 28 heavy (non-hydrogen) atoms. The van der Waals surface area contributed by atoms with E-state index in [1.165, 1.54) is 11.0 Å². The van der Waals surface area contributed by atoms with Crippen LogP contribution in [-0.4, -0.2) is 28.3 Å². The van der Waals surface area contributed by atoms with E-state index in [4.69, 9.17) is 0 Å². The number of carbonyl (C=O) groups is 2. The molecule has 0 bridgehead atoms. The van der Waals surface area contributed by atoms with Crippen LogP contribution in [-0.2, 0) is 22.6 Å². The standard InChI is InChI=1S/C23H29FN2O2/c1-16-10-6-7-11-18(16)14-21(27)26(15-19-12-8-9-13-20(19)24)17(2)22(28)25-23(3,4)5/h6-13,17H,14-15H2,1-5H3,(H,25,28)/t17-/m1/s1. The second-order valence-electron chi connectivity index (χ2n) is 8.13. The molecule has 0 aliphatic rings. The van der Waals surface area contributed by atoms with E-state index in [1.807, 2.05) is 52.0 Å². The van der Waals surface area contributed by atoms with Crippen LogP contribution in [0.25, 0.3) is 0 Å². The predicted octanol–water partition coefficient (Wildman–Crippen LogP) is 4.01. The predicted molar refractivity (Wildman–Crippen MR) is 109 cm³/mol. The summed E-state index contributed by atoms with van der Waals surface area (Å²) in [6, 6.07) is 13.2. The summed E-state index contributed by atoms with van der Waals surface area (Å²) in [6.45, 7) is 9.31. The lowest BCUT2D eigenvalue weighted by Gasteiger charge is -2.31. The normalized spacial score (nSPS) is 12.4. The molecule has 0 saturated heterocycles. The largest absolute Gasteiger partial charge is 0.350 e. The Kier molecular flexibility index (Phi) is 6.95. The number of halogens is 1. The highest BCUT2D eigenvalue weighted by atomic mass is 19.1. The molecule has 0 aromatic heterocycles. The van der Waals surface area contributed by atoms with Gasteiger partial charge in [-0.25, -0.2) is 4.39 Å². The minimum absolute atomic E-state index is 0.0378. The SMILES string of the molecule is Cc1ccccc1CC(=O)N(Cc1ccccc1F)[C@H](C)C(=O)NC(C)(C)C. The van der Waals surface area contributed by atoms with Crippen molar-refractivity contribution >= 4 is 11.8 Å². The first-order valence-electron chi connectivity index (χ1n) is 9.48. The maximum atomic E-state index is 14.2. The van der Waals surface area contributed by atoms with Crippen LogP contribution in [0.4, 0.5) is 4.39 Å². The maximum Gasteiger partial charge on any atom is 0.242 e. The first-order chi connectivity index (χ1) is 13.1. The molecule has 1 N–H and O–H groups in total. The molecule has 0 unspecified atom stereocenters. The quantitative estimate of drug-likeness (QED) is 0.818. The zero-order valence-electron chi connectivity index (χ0n) is 17.3. The Hall–Kier alpha value is -2.69. The zero-order valence-corrected chi connectivity index (χ0v) is 17.3. The molecule has 2 aromatic carbocycles. The van der Waals surface area contributed by atoms with Crippen molar-refractivity contribution in [2.24, 2.45) is 0 Å². The van der Waals surface area contributed by atoms with Crippen LogP contribution >= 0.6 is 0 Å². The Balaban J connectivity index is 2.29. The van der Waals surface area contributed by atoms with Crippen molar-refractivity contribution in [3.05, 3.63) is 71.0 Å². The number of amides is 2. The summed E-state index contributed by atoms with van der Waals surface area (Å²) >= 11 is 0. The van der Waals surface area contributed by atoms with Gasteiger partial charge in [-0.15, -0.1) is 0 Å². The Morgan fingerprint density at radius 1 is 1.04 bits per heavy atom. The Morgan fingerprint density at radius 3 is 2.18 bits per heavy atom. The average Bonchev–Trinajstić information content (AvgIpc) is 2.61. The lowest BCUT2D eigenvalue weighted by molar-refractivity contribution is -0.140. The maximum absolute atomic E-state index is 14.2. The van der Waals surface area contributed by atoms with Crippen molar-refractivity contribution in [3.8, 4) is 0 Å². The van der Waals surface area contributed by atoms with Gasteiger partial charge in [-0.2, -0.15) is 0 Å². The second kappa shape index (κ2) is 9.00. The lowest BCUT2D eigenvalue weighted by atomic mass is 10.0. The molecule has 0 spiro atoms. The molecule has 0 saturated carbocycles. The van der Waals surface area contributed by atoms with Crippen LogP contribution in [0, 0.1) is 12.7 Å². The molecule has 2 aromatic rings. The fourth-order valence-corrected chi connectivity index (χ4v) is 2.94. The molecule has 150 valence electrons. The van der Waals surface area contributed by atoms with Crippen LogP contribution in [0.1, 0.15) is 44.4 Å². The van der Waals surface area contributed by atoms with Gasteiger partial charge in [-0.3, -0.25) is 9.59 Å². The van der Waals surface area contributed by atoms with Gasteiger partial charge in [0, 0.05) is 17.6 Å². The molecular formula is C23H29FN2O2. The van der Waals surface area contributed by atoms with Gasteiger partial charge in [0.15, 0.2) is 0 Å². The Morgan fingerprint density at radius 2 is 1.61 bits per heavy atom. The first-order valence-corrected chi connectivity index (χ1v) is 9.48. The molecule has 2 amide bonds. The van der Waals surface area contributed by atoms with E-state index in [2.05, 4.69) is 5.32 Å². The third-order valence-electron chi connectivity index (χ3n) is 4.57. The van der Waals surface area contributed by atoms with Crippen LogP contribution in [0.5, 0.6) is 0 Å². The van der Waals surface area contributed by atoms with E-state index in [9.17, 15) is 14.0 Å². The van der Waals surface area contributed by atoms with Gasteiger partial charge in [0.05, 0.1) is 6.42 Å². The van der Waals surface area contributed by atoms with Crippen molar-refractivity contribution in [1.29, 1.82) is 0 Å². The molecule has 2 rings (SSSR count). The average molecular weight is 384 g/mol. The van der Waals surface area contributed by atoms with Crippen molar-refractivity contribution in [1.82, 2.24) is 10.2 Å². The second-order valence-corrected chi connectivity index (χ2v) is 8.13. The number of rotatable bonds is 6. The molecule has 0 aliphatic heterocycles. The number of nitrogens with one attached hydrogen (secondary N) is 1. The fraction of sp³-hybridized carbons (Fsp3) is 0.391. The lowest BCUT2D eigenvalue weighted by Crippen LogP contribution is -2.52. The summed E-state index contributed by atoms with van der Waals surface area (Å²) in [5.74, 6) is -0.865. The van der Waals surface area contributed by atoms with Crippen molar-refractivity contribution < 1.29 is 14.0 Å². The number of nitrogens with zero attached hydrogens (tertiary/aromatic N) is 1. The van der Waals surface area contributed by atoms with E-state index < -0.39 is 11.6 Å². The molecule has 0 heterocycles. The topological polar surface area (TPSA) is 49.4 Å². The molecule has 0 fully saturated rings. The van der Waals surface area contributed by atoms with Gasteiger partial charge in [0.25, 0.3) is 0 Å². The summed E-state index contributed by atoms with van der Waals surface area (Å²) in [5, 5.41) is 2.90. The Bertz CT molecular complexity index is 842. The minimum atomic E-state index is -0.727. The molecule has 0 aliphatic carbocycles. The number of benzene rings is 2. The number of aryl methyl sites for hydroxylation is 1. The molecule has 5 heteroatoms. The number of carbonyl (C=O) groups excluding carboxylic acids is 2. The molecular weight excluding hydrogens is 355 g/mol. The summed E-state index contributed by atoms with van der Waals surface area (Å²) in [5.41, 5.74) is 1.87. The summed E-state index contributed by atoms with van der Waals surface area (Å²) in [7, 11) is 0. The van der Waals surface area contributed by atoms with Gasteiger partial charge in [0.2, 0.25) is 11.8 Å². The van der Waals surface area contributed by atoms with Crippen molar-refractivity contribution in [3.63, 3.8) is 0 Å². The monoisotopic (exact) mass is 384 g/mol. The van der Waals surface area contributed by atoms with Crippen LogP contribution < -0.4 is 5.32 Å². The van der Waals surface area contributed by atoms with Gasteiger partial charge in [-0.1, -0.05) is 42.5 Å². The summed E-state index contributed by atoms with van der Waals surface area (Å²) < 4.78 is 14.2. The first kappa shape index (κ1) is 21.6. The number of hydrogen-bond donors (Lipinski definition) is 1. The minimum Gasteiger partial charge on any atom is -0.350 e. The van der Waals surface area contributed by atoms with Crippen LogP contribution in [0.2, 0.25) is 0 Å². The third kappa shape index (κ3) is 5.91. The van der Waals surface area contributed by atoms with E-state index in [0.717, 1.165) is 11.1 Å². The highest BCUT2D eigenvalue weighted by Crippen LogP contribution is 2.17. The Labute approximate surface area is 166 Å². The van der Waals surface area contributed by atoms with Crippen LogP contribution in [0.15, 0.2) is 48.5 Å². The number of hydrogen-bond acceptors (Lipinski definition) is 2. The van der Waals surface area contributed by atoms with Gasteiger partial charge in [-0.05, 0) is 51.8 Å². The summed E-state index contributed by atoms with van der Waals surface area (Å²) in [6.07, 6.45) is 0.161. The van der Waals surface area contributed by atoms with Gasteiger partial charge >= 0.3 is 0 Å². The molecule has 4 nitrogen and oxygen atoms in total. The van der Waals surface area contributed by atoms with Crippen molar-refractivity contribution in [2.75, 3.05) is 0 Å². The van der Waals surface area contributed by atoms with E-state index in [1.54, 1.807) is 25.1 Å². The molecule has 1 atom stereocenters. The van der Waals surface area contributed by atoms with Crippen LogP contribution in [0.3, 0.4) is 0 Å².